The van der Waals surface area contributed by atoms with E-state index in [9.17, 15) is 8.42 Å². The van der Waals surface area contributed by atoms with Crippen LogP contribution in [0, 0.1) is 0 Å². The van der Waals surface area contributed by atoms with Gasteiger partial charge in [-0.2, -0.15) is 0 Å². The van der Waals surface area contributed by atoms with E-state index < -0.39 is 10.0 Å². The maximum atomic E-state index is 11.7. The van der Waals surface area contributed by atoms with Crippen molar-refractivity contribution in [3.8, 4) is 10.9 Å². The molecule has 0 bridgehead atoms. The number of nitrogens with one attached hydrogen (secondary N) is 1. The highest BCUT2D eigenvalue weighted by Gasteiger charge is 2.08. The summed E-state index contributed by atoms with van der Waals surface area (Å²) in [5, 5.41) is 2.43. The number of unbranched alkanes of at least 4 members (excludes halogenated alkanes) is 1. The molecule has 0 saturated heterocycles. The molecule has 5 nitrogen and oxygen atoms in total. The summed E-state index contributed by atoms with van der Waals surface area (Å²) in [6.07, 6.45) is 3.22. The van der Waals surface area contributed by atoms with Crippen LogP contribution in [0.2, 0.25) is 0 Å². The van der Waals surface area contributed by atoms with E-state index in [0.717, 1.165) is 12.0 Å². The van der Waals surface area contributed by atoms with Crippen molar-refractivity contribution < 1.29 is 13.2 Å². The van der Waals surface area contributed by atoms with Crippen LogP contribution < -0.4 is 9.46 Å². The second-order valence-electron chi connectivity index (χ2n) is 4.54. The molecule has 1 heterocycles. The van der Waals surface area contributed by atoms with Crippen LogP contribution in [-0.4, -0.2) is 19.2 Å². The third-order valence-corrected chi connectivity index (χ3v) is 4.86. The molecule has 0 fully saturated rings. The topological polar surface area (TPSA) is 68.3 Å². The summed E-state index contributed by atoms with van der Waals surface area (Å²) in [7, 11) is -3.18. The Hall–Kier alpha value is -1.44. The van der Waals surface area contributed by atoms with Crippen LogP contribution in [0.5, 0.6) is 10.9 Å². The van der Waals surface area contributed by atoms with Gasteiger partial charge in [-0.05, 0) is 24.1 Å². The minimum absolute atomic E-state index is 0.175. The van der Waals surface area contributed by atoms with Gasteiger partial charge in [0.05, 0.1) is 5.75 Å². The van der Waals surface area contributed by atoms with Crippen molar-refractivity contribution in [2.75, 3.05) is 5.75 Å². The summed E-state index contributed by atoms with van der Waals surface area (Å²) in [5.41, 5.74) is 0.890. The fourth-order valence-electron chi connectivity index (χ4n) is 1.64. The van der Waals surface area contributed by atoms with Gasteiger partial charge >= 0.3 is 0 Å². The van der Waals surface area contributed by atoms with Gasteiger partial charge in [0.1, 0.15) is 5.75 Å². The van der Waals surface area contributed by atoms with E-state index >= 15 is 0 Å². The molecule has 0 atom stereocenters. The van der Waals surface area contributed by atoms with Gasteiger partial charge in [0.2, 0.25) is 10.0 Å². The minimum atomic E-state index is -3.18. The minimum Gasteiger partial charge on any atom is -0.431 e. The van der Waals surface area contributed by atoms with E-state index in [4.69, 9.17) is 4.74 Å². The molecule has 0 aliphatic rings. The first-order chi connectivity index (χ1) is 10.1. The van der Waals surface area contributed by atoms with E-state index in [1.807, 2.05) is 24.4 Å². The van der Waals surface area contributed by atoms with Crippen LogP contribution in [0.4, 0.5) is 0 Å². The molecular weight excluding hydrogens is 308 g/mol. The molecule has 1 aromatic carbocycles. The zero-order valence-corrected chi connectivity index (χ0v) is 13.4. The van der Waals surface area contributed by atoms with Gasteiger partial charge in [-0.25, -0.2) is 18.1 Å². The lowest BCUT2D eigenvalue weighted by Gasteiger charge is -2.07. The number of ether oxygens (including phenoxy) is 1. The maximum Gasteiger partial charge on any atom is 0.278 e. The van der Waals surface area contributed by atoms with Gasteiger partial charge in [-0.1, -0.05) is 36.8 Å². The molecule has 1 aromatic heterocycles. The highest BCUT2D eigenvalue weighted by molar-refractivity contribution is 7.89. The van der Waals surface area contributed by atoms with E-state index in [-0.39, 0.29) is 5.75 Å². The Morgan fingerprint density at radius 2 is 2.05 bits per heavy atom. The van der Waals surface area contributed by atoms with Crippen molar-refractivity contribution in [3.63, 3.8) is 0 Å². The van der Waals surface area contributed by atoms with Crippen molar-refractivity contribution in [3.05, 3.63) is 41.4 Å². The number of aromatic nitrogens is 1. The summed E-state index contributed by atoms with van der Waals surface area (Å²) < 4.78 is 31.5. The molecule has 21 heavy (non-hydrogen) atoms. The molecule has 0 radical (unpaired) electrons. The highest BCUT2D eigenvalue weighted by Crippen LogP contribution is 2.23. The van der Waals surface area contributed by atoms with Crippen LogP contribution in [0.15, 0.2) is 35.8 Å². The number of sulfonamides is 1. The second kappa shape index (κ2) is 7.53. The van der Waals surface area contributed by atoms with E-state index in [0.29, 0.717) is 23.9 Å². The summed E-state index contributed by atoms with van der Waals surface area (Å²) >= 11 is 1.42. The van der Waals surface area contributed by atoms with Crippen LogP contribution in [0.3, 0.4) is 0 Å². The molecule has 1 N–H and O–H groups in total. The van der Waals surface area contributed by atoms with Crippen LogP contribution in [0.1, 0.15) is 25.3 Å². The zero-order chi connectivity index (χ0) is 15.1. The third kappa shape index (κ3) is 5.45. The molecule has 0 aliphatic carbocycles. The third-order valence-electron chi connectivity index (χ3n) is 2.80. The number of thiazole rings is 1. The van der Waals surface area contributed by atoms with Gasteiger partial charge in [-0.3, -0.25) is 0 Å². The number of nitrogens with zero attached hydrogens (tertiary/aromatic N) is 1. The number of hydrogen-bond acceptors (Lipinski definition) is 5. The molecule has 2 rings (SSSR count). The molecule has 2 aromatic rings. The predicted molar refractivity (Wildman–Crippen MR) is 84.2 cm³/mol. The normalized spacial score (nSPS) is 11.5. The fourth-order valence-corrected chi connectivity index (χ4v) is 3.34. The molecule has 0 amide bonds. The first-order valence-corrected chi connectivity index (χ1v) is 9.26. The first kappa shape index (κ1) is 15.9. The predicted octanol–water partition coefficient (Wildman–Crippen LogP) is 3.15. The van der Waals surface area contributed by atoms with Crippen molar-refractivity contribution >= 4 is 21.4 Å². The quantitative estimate of drug-likeness (QED) is 0.809. The first-order valence-electron chi connectivity index (χ1n) is 6.72. The smallest absolute Gasteiger partial charge is 0.278 e. The molecule has 0 saturated carbocycles. The van der Waals surface area contributed by atoms with Gasteiger partial charge in [-0.15, -0.1) is 0 Å². The van der Waals surface area contributed by atoms with Gasteiger partial charge in [0, 0.05) is 18.1 Å². The molecule has 7 heteroatoms. The lowest BCUT2D eigenvalue weighted by molar-refractivity contribution is 0.478. The van der Waals surface area contributed by atoms with Gasteiger partial charge in [0.25, 0.3) is 5.19 Å². The lowest BCUT2D eigenvalue weighted by Crippen LogP contribution is -2.25. The zero-order valence-electron chi connectivity index (χ0n) is 11.8. The number of rotatable bonds is 8. The van der Waals surface area contributed by atoms with Gasteiger partial charge in [0.15, 0.2) is 0 Å². The van der Waals surface area contributed by atoms with Crippen molar-refractivity contribution in [2.45, 2.75) is 26.3 Å². The summed E-state index contributed by atoms with van der Waals surface area (Å²) in [6, 6.07) is 7.28. The molecular formula is C14H18N2O3S2. The Morgan fingerprint density at radius 1 is 1.29 bits per heavy atom. The van der Waals surface area contributed by atoms with E-state index in [1.165, 1.54) is 11.3 Å². The molecule has 0 spiro atoms. The molecule has 0 unspecified atom stereocenters. The second-order valence-corrected chi connectivity index (χ2v) is 7.32. The van der Waals surface area contributed by atoms with Crippen LogP contribution in [-0.2, 0) is 16.6 Å². The van der Waals surface area contributed by atoms with Crippen LogP contribution in [0.25, 0.3) is 0 Å². The Morgan fingerprint density at radius 3 is 2.67 bits per heavy atom. The number of benzene rings is 1. The van der Waals surface area contributed by atoms with Crippen molar-refractivity contribution in [2.24, 2.45) is 0 Å². The molecule has 0 aliphatic heterocycles. The Kier molecular flexibility index (Phi) is 5.72. The average Bonchev–Trinajstić information content (AvgIpc) is 2.98. The fraction of sp³-hybridized carbons (Fsp3) is 0.357. The van der Waals surface area contributed by atoms with Gasteiger partial charge < -0.3 is 4.74 Å². The largest absolute Gasteiger partial charge is 0.431 e. The monoisotopic (exact) mass is 326 g/mol. The summed E-state index contributed by atoms with van der Waals surface area (Å²) in [6.45, 7) is 2.26. The Labute approximate surface area is 129 Å². The average molecular weight is 326 g/mol. The highest BCUT2D eigenvalue weighted by atomic mass is 32.2. The van der Waals surface area contributed by atoms with Crippen LogP contribution >= 0.6 is 11.3 Å². The van der Waals surface area contributed by atoms with E-state index in [1.54, 1.807) is 18.3 Å². The SMILES string of the molecule is CCCCS(=O)(=O)NCc1ccc(Oc2nccs2)cc1. The Bertz CT molecular complexity index is 637. The summed E-state index contributed by atoms with van der Waals surface area (Å²) in [5.74, 6) is 0.858. The standard InChI is InChI=1S/C14H18N2O3S2/c1-2-3-10-21(17,18)16-11-12-4-6-13(7-5-12)19-14-15-8-9-20-14/h4-9,16H,2-3,10-11H2,1H3. The van der Waals surface area contributed by atoms with Crippen molar-refractivity contribution in [1.82, 2.24) is 9.71 Å². The Balaban J connectivity index is 1.87. The summed E-state index contributed by atoms with van der Waals surface area (Å²) in [4.78, 5) is 4.04. The molecule has 114 valence electrons. The van der Waals surface area contributed by atoms with Crippen molar-refractivity contribution in [1.29, 1.82) is 0 Å². The maximum absolute atomic E-state index is 11.7. The number of hydrogen-bond donors (Lipinski definition) is 1. The lowest BCUT2D eigenvalue weighted by atomic mass is 10.2. The van der Waals surface area contributed by atoms with E-state index in [2.05, 4.69) is 9.71 Å².